The van der Waals surface area contributed by atoms with E-state index in [9.17, 15) is 14.4 Å². The maximum atomic E-state index is 12.5. The average Bonchev–Trinajstić information content (AvgIpc) is 2.96. The highest BCUT2D eigenvalue weighted by Gasteiger charge is 2.37. The molecule has 1 fully saturated rings. The van der Waals surface area contributed by atoms with E-state index in [1.807, 2.05) is 39.0 Å². The molecule has 0 saturated carbocycles. The average molecular weight is 410 g/mol. The highest BCUT2D eigenvalue weighted by molar-refractivity contribution is 9.10. The number of nitrogens with zero attached hydrogens (tertiary/aromatic N) is 1. The van der Waals surface area contributed by atoms with Gasteiger partial charge in [0.2, 0.25) is 17.7 Å². The van der Waals surface area contributed by atoms with Crippen molar-refractivity contribution in [2.24, 2.45) is 17.6 Å². The second kappa shape index (κ2) is 7.99. The predicted molar refractivity (Wildman–Crippen MR) is 99.9 cm³/mol. The Balaban J connectivity index is 2.09. The summed E-state index contributed by atoms with van der Waals surface area (Å²) in [5.41, 5.74) is 7.19. The molecule has 3 N–H and O–H groups in total. The first kappa shape index (κ1) is 19.4. The molecular formula is C18H24BrN3O3. The van der Waals surface area contributed by atoms with Crippen LogP contribution in [-0.2, 0) is 14.4 Å². The van der Waals surface area contributed by atoms with Crippen LogP contribution in [0.25, 0.3) is 0 Å². The molecule has 7 heteroatoms. The van der Waals surface area contributed by atoms with E-state index < -0.39 is 17.9 Å². The van der Waals surface area contributed by atoms with Gasteiger partial charge in [-0.25, -0.2) is 0 Å². The van der Waals surface area contributed by atoms with Crippen LogP contribution in [0.1, 0.15) is 32.3 Å². The number of rotatable bonds is 6. The van der Waals surface area contributed by atoms with Crippen molar-refractivity contribution in [1.82, 2.24) is 5.32 Å². The van der Waals surface area contributed by atoms with Gasteiger partial charge < -0.3 is 16.0 Å². The molecule has 25 heavy (non-hydrogen) atoms. The van der Waals surface area contributed by atoms with Gasteiger partial charge in [0.15, 0.2) is 0 Å². The topological polar surface area (TPSA) is 92.5 Å². The van der Waals surface area contributed by atoms with Crippen molar-refractivity contribution in [2.75, 3.05) is 11.4 Å². The number of benzene rings is 1. The molecule has 0 radical (unpaired) electrons. The van der Waals surface area contributed by atoms with Crippen LogP contribution in [-0.4, -0.2) is 30.3 Å². The molecule has 0 aliphatic carbocycles. The Labute approximate surface area is 156 Å². The van der Waals surface area contributed by atoms with Gasteiger partial charge >= 0.3 is 0 Å². The third-order valence-electron chi connectivity index (χ3n) is 4.77. The van der Waals surface area contributed by atoms with E-state index in [-0.39, 0.29) is 24.2 Å². The number of anilines is 1. The van der Waals surface area contributed by atoms with Gasteiger partial charge in [0.1, 0.15) is 6.04 Å². The molecule has 1 aliphatic rings. The number of nitrogens with one attached hydrogen (secondary N) is 1. The maximum absolute atomic E-state index is 12.5. The molecule has 136 valence electrons. The number of carbonyl (C=O) groups excluding carboxylic acids is 3. The van der Waals surface area contributed by atoms with Gasteiger partial charge in [0, 0.05) is 23.1 Å². The summed E-state index contributed by atoms with van der Waals surface area (Å²) in [5, 5.41) is 2.72. The summed E-state index contributed by atoms with van der Waals surface area (Å²) in [6.07, 6.45) is 0.856. The van der Waals surface area contributed by atoms with Crippen molar-refractivity contribution in [3.63, 3.8) is 0 Å². The predicted octanol–water partition coefficient (Wildman–Crippen LogP) is 2.13. The third-order valence-corrected chi connectivity index (χ3v) is 5.66. The normalized spacial score (nSPS) is 19.6. The minimum atomic E-state index is -0.712. The first-order chi connectivity index (χ1) is 11.7. The van der Waals surface area contributed by atoms with Crippen molar-refractivity contribution in [3.05, 3.63) is 28.2 Å². The summed E-state index contributed by atoms with van der Waals surface area (Å²) in [5.74, 6) is -1.48. The number of amides is 3. The number of hydrogen-bond donors (Lipinski definition) is 2. The Bertz CT molecular complexity index is 692. The van der Waals surface area contributed by atoms with Crippen LogP contribution in [0.2, 0.25) is 0 Å². The van der Waals surface area contributed by atoms with Crippen LogP contribution in [0.4, 0.5) is 5.69 Å². The Kier molecular flexibility index (Phi) is 6.21. The Hall–Kier alpha value is -1.89. The summed E-state index contributed by atoms with van der Waals surface area (Å²) in [6, 6.07) is 4.93. The van der Waals surface area contributed by atoms with E-state index in [0.29, 0.717) is 6.54 Å². The number of nitrogens with two attached hydrogens (primary N) is 1. The van der Waals surface area contributed by atoms with Crippen LogP contribution in [0.15, 0.2) is 22.7 Å². The van der Waals surface area contributed by atoms with Crippen molar-refractivity contribution in [3.8, 4) is 0 Å². The molecule has 0 spiro atoms. The minimum Gasteiger partial charge on any atom is -0.368 e. The minimum absolute atomic E-state index is 0.0521. The van der Waals surface area contributed by atoms with Crippen molar-refractivity contribution >= 4 is 39.3 Å². The molecule has 3 unspecified atom stereocenters. The zero-order valence-electron chi connectivity index (χ0n) is 14.7. The summed E-state index contributed by atoms with van der Waals surface area (Å²) in [6.45, 7) is 6.05. The smallest absolute Gasteiger partial charge is 0.240 e. The summed E-state index contributed by atoms with van der Waals surface area (Å²) >= 11 is 3.44. The van der Waals surface area contributed by atoms with Crippen molar-refractivity contribution < 1.29 is 14.4 Å². The molecular weight excluding hydrogens is 386 g/mol. The second-order valence-electron chi connectivity index (χ2n) is 6.61. The van der Waals surface area contributed by atoms with Gasteiger partial charge in [-0.3, -0.25) is 14.4 Å². The Morgan fingerprint density at radius 1 is 1.44 bits per heavy atom. The van der Waals surface area contributed by atoms with Gasteiger partial charge in [-0.05, 0) is 36.6 Å². The Morgan fingerprint density at radius 2 is 2.12 bits per heavy atom. The first-order valence-corrected chi connectivity index (χ1v) is 9.20. The fraction of sp³-hybridized carbons (Fsp3) is 0.500. The van der Waals surface area contributed by atoms with Crippen LogP contribution in [0.3, 0.4) is 0 Å². The van der Waals surface area contributed by atoms with Gasteiger partial charge in [-0.15, -0.1) is 0 Å². The molecule has 1 heterocycles. The Morgan fingerprint density at radius 3 is 2.68 bits per heavy atom. The first-order valence-electron chi connectivity index (χ1n) is 8.40. The summed E-state index contributed by atoms with van der Waals surface area (Å²) < 4.78 is 0.968. The zero-order chi connectivity index (χ0) is 18.7. The van der Waals surface area contributed by atoms with E-state index >= 15 is 0 Å². The standard InChI is InChI=1S/C18H24BrN3O3/c1-4-10(2)16(17(20)24)21-18(25)12-8-15(23)22(9-12)13-5-6-14(19)11(3)7-13/h5-7,10,12,16H,4,8-9H2,1-3H3,(H2,20,24)(H,21,25). The van der Waals surface area contributed by atoms with Crippen LogP contribution in [0.5, 0.6) is 0 Å². The summed E-state index contributed by atoms with van der Waals surface area (Å²) in [7, 11) is 0. The fourth-order valence-corrected chi connectivity index (χ4v) is 3.18. The molecule has 1 aliphatic heterocycles. The highest BCUT2D eigenvalue weighted by Crippen LogP contribution is 2.28. The molecule has 1 aromatic carbocycles. The lowest BCUT2D eigenvalue weighted by Gasteiger charge is -2.23. The van der Waals surface area contributed by atoms with Crippen molar-refractivity contribution in [2.45, 2.75) is 39.7 Å². The number of carbonyl (C=O) groups is 3. The molecule has 3 amide bonds. The van der Waals surface area contributed by atoms with Gasteiger partial charge in [-0.1, -0.05) is 36.2 Å². The van der Waals surface area contributed by atoms with E-state index in [2.05, 4.69) is 21.2 Å². The zero-order valence-corrected chi connectivity index (χ0v) is 16.3. The van der Waals surface area contributed by atoms with Gasteiger partial charge in [-0.2, -0.15) is 0 Å². The lowest BCUT2D eigenvalue weighted by atomic mass is 9.97. The van der Waals surface area contributed by atoms with Crippen LogP contribution >= 0.6 is 15.9 Å². The molecule has 0 aromatic heterocycles. The van der Waals surface area contributed by atoms with Crippen LogP contribution in [0, 0.1) is 18.8 Å². The second-order valence-corrected chi connectivity index (χ2v) is 7.47. The SMILES string of the molecule is CCC(C)C(NC(=O)C1CC(=O)N(c2ccc(Br)c(C)c2)C1)C(N)=O. The van der Waals surface area contributed by atoms with Crippen LogP contribution < -0.4 is 16.0 Å². The number of aryl methyl sites for hydroxylation is 1. The fourth-order valence-electron chi connectivity index (χ4n) is 2.93. The number of primary amides is 1. The van der Waals surface area contributed by atoms with Gasteiger partial charge in [0.25, 0.3) is 0 Å². The van der Waals surface area contributed by atoms with Gasteiger partial charge in [0.05, 0.1) is 5.92 Å². The quantitative estimate of drug-likeness (QED) is 0.753. The van der Waals surface area contributed by atoms with Crippen molar-refractivity contribution in [1.29, 1.82) is 0 Å². The molecule has 3 atom stereocenters. The molecule has 2 rings (SSSR count). The number of halogens is 1. The molecule has 1 saturated heterocycles. The highest BCUT2D eigenvalue weighted by atomic mass is 79.9. The maximum Gasteiger partial charge on any atom is 0.240 e. The summed E-state index contributed by atoms with van der Waals surface area (Å²) in [4.78, 5) is 38.1. The largest absolute Gasteiger partial charge is 0.368 e. The van der Waals surface area contributed by atoms with E-state index in [1.165, 1.54) is 0 Å². The monoisotopic (exact) mass is 409 g/mol. The molecule has 1 aromatic rings. The van der Waals surface area contributed by atoms with E-state index in [1.54, 1.807) is 4.90 Å². The third kappa shape index (κ3) is 4.39. The molecule has 6 nitrogen and oxygen atoms in total. The number of hydrogen-bond acceptors (Lipinski definition) is 3. The lowest BCUT2D eigenvalue weighted by Crippen LogP contribution is -2.50. The van der Waals surface area contributed by atoms with E-state index in [0.717, 1.165) is 22.1 Å². The lowest BCUT2D eigenvalue weighted by molar-refractivity contribution is -0.131. The molecule has 0 bridgehead atoms. The van der Waals surface area contributed by atoms with E-state index in [4.69, 9.17) is 5.73 Å².